The van der Waals surface area contributed by atoms with Gasteiger partial charge in [-0.2, -0.15) is 0 Å². The summed E-state index contributed by atoms with van der Waals surface area (Å²) in [5.74, 6) is 2.43. The Hall–Kier alpha value is -3.09. The summed E-state index contributed by atoms with van der Waals surface area (Å²) in [6.45, 7) is 2.77. The molecule has 2 aromatic heterocycles. The van der Waals surface area contributed by atoms with Crippen LogP contribution in [0.25, 0.3) is 11.4 Å². The molecule has 0 spiro atoms. The number of amides is 1. The molecule has 0 saturated heterocycles. The highest BCUT2D eigenvalue weighted by atomic mass is 16.1. The first-order valence-corrected chi connectivity index (χ1v) is 8.84. The fraction of sp³-hybridized carbons (Fsp3) is 0.316. The minimum Gasteiger partial charge on any atom is -0.347 e. The Kier molecular flexibility index (Phi) is 4.43. The second kappa shape index (κ2) is 7.03. The molecule has 0 aliphatic carbocycles. The van der Waals surface area contributed by atoms with Crippen molar-refractivity contribution in [1.29, 1.82) is 0 Å². The van der Waals surface area contributed by atoms with Gasteiger partial charge in [-0.25, -0.2) is 9.97 Å². The average Bonchev–Trinajstić information content (AvgIpc) is 3.11. The first kappa shape index (κ1) is 16.4. The molecule has 0 radical (unpaired) electrons. The molecule has 7 heteroatoms. The van der Waals surface area contributed by atoms with Crippen molar-refractivity contribution in [1.82, 2.24) is 30.0 Å². The third-order valence-corrected chi connectivity index (χ3v) is 4.62. The molecule has 0 fully saturated rings. The van der Waals surface area contributed by atoms with Crippen LogP contribution in [-0.4, -0.2) is 36.7 Å². The molecule has 26 heavy (non-hydrogen) atoms. The van der Waals surface area contributed by atoms with E-state index in [1.54, 1.807) is 12.4 Å². The molecule has 3 aromatic rings. The van der Waals surface area contributed by atoms with Gasteiger partial charge in [-0.05, 0) is 6.42 Å². The topological polar surface area (TPSA) is 85.6 Å². The first-order valence-electron chi connectivity index (χ1n) is 8.84. The summed E-state index contributed by atoms with van der Waals surface area (Å²) in [7, 11) is 0. The minimum absolute atomic E-state index is 0.0603. The first-order chi connectivity index (χ1) is 12.7. The highest BCUT2D eigenvalue weighted by Crippen LogP contribution is 2.17. The molecular formula is C19H20N6O. The number of carbonyl (C=O) groups excluding carboxylic acids is 1. The monoisotopic (exact) mass is 348 g/mol. The highest BCUT2D eigenvalue weighted by molar-refractivity contribution is 5.93. The Labute approximate surface area is 151 Å². The summed E-state index contributed by atoms with van der Waals surface area (Å²) < 4.78 is 2.11. The van der Waals surface area contributed by atoms with Crippen molar-refractivity contribution in [3.05, 3.63) is 59.9 Å². The van der Waals surface area contributed by atoms with E-state index in [1.807, 2.05) is 30.3 Å². The van der Waals surface area contributed by atoms with Gasteiger partial charge in [-0.1, -0.05) is 37.3 Å². The molecule has 132 valence electrons. The van der Waals surface area contributed by atoms with Crippen molar-refractivity contribution in [3.8, 4) is 11.4 Å². The molecule has 1 atom stereocenters. The zero-order chi connectivity index (χ0) is 17.9. The standard InChI is InChI=1S/C19H20N6O/c1-2-16-23-24-17-9-8-15(12-25(16)17)22-19(26)14-10-20-18(21-11-14)13-6-4-3-5-7-13/h3-7,10-11,15H,2,8-9,12H2,1H3,(H,22,26). The molecule has 1 unspecified atom stereocenters. The third-order valence-electron chi connectivity index (χ3n) is 4.62. The fourth-order valence-corrected chi connectivity index (χ4v) is 3.21. The van der Waals surface area contributed by atoms with Crippen LogP contribution in [0.4, 0.5) is 0 Å². The van der Waals surface area contributed by atoms with E-state index in [4.69, 9.17) is 0 Å². The minimum atomic E-state index is -0.149. The van der Waals surface area contributed by atoms with Crippen molar-refractivity contribution in [3.63, 3.8) is 0 Å². The maximum atomic E-state index is 12.5. The van der Waals surface area contributed by atoms with Gasteiger partial charge in [0.2, 0.25) is 0 Å². The number of nitrogens with one attached hydrogen (secondary N) is 1. The van der Waals surface area contributed by atoms with E-state index in [2.05, 4.69) is 37.0 Å². The van der Waals surface area contributed by atoms with Crippen LogP contribution in [-0.2, 0) is 19.4 Å². The van der Waals surface area contributed by atoms with Gasteiger partial charge in [-0.15, -0.1) is 10.2 Å². The fourth-order valence-electron chi connectivity index (χ4n) is 3.21. The van der Waals surface area contributed by atoms with Crippen molar-refractivity contribution in [2.24, 2.45) is 0 Å². The van der Waals surface area contributed by atoms with E-state index >= 15 is 0 Å². The van der Waals surface area contributed by atoms with Gasteiger partial charge in [0.1, 0.15) is 11.6 Å². The number of nitrogens with zero attached hydrogens (tertiary/aromatic N) is 5. The summed E-state index contributed by atoms with van der Waals surface area (Å²) >= 11 is 0. The summed E-state index contributed by atoms with van der Waals surface area (Å²) in [5, 5.41) is 11.5. The number of aryl methyl sites for hydroxylation is 2. The van der Waals surface area contributed by atoms with Gasteiger partial charge in [0.15, 0.2) is 5.82 Å². The van der Waals surface area contributed by atoms with Crippen LogP contribution in [0.1, 0.15) is 35.4 Å². The number of hydrogen-bond donors (Lipinski definition) is 1. The van der Waals surface area contributed by atoms with Gasteiger partial charge in [-0.3, -0.25) is 4.79 Å². The molecule has 0 saturated carbocycles. The Bertz CT molecular complexity index is 890. The number of benzene rings is 1. The maximum Gasteiger partial charge on any atom is 0.254 e. The second-order valence-electron chi connectivity index (χ2n) is 6.37. The predicted molar refractivity (Wildman–Crippen MR) is 96.4 cm³/mol. The largest absolute Gasteiger partial charge is 0.347 e. The Balaban J connectivity index is 1.44. The quantitative estimate of drug-likeness (QED) is 0.780. The zero-order valence-electron chi connectivity index (χ0n) is 14.6. The van der Waals surface area contributed by atoms with Crippen molar-refractivity contribution >= 4 is 5.91 Å². The predicted octanol–water partition coefficient (Wildman–Crippen LogP) is 2.04. The van der Waals surface area contributed by atoms with E-state index in [0.717, 1.165) is 36.5 Å². The van der Waals surface area contributed by atoms with E-state index in [0.29, 0.717) is 17.9 Å². The summed E-state index contributed by atoms with van der Waals surface area (Å²) in [5.41, 5.74) is 1.40. The van der Waals surface area contributed by atoms with E-state index in [9.17, 15) is 4.79 Å². The van der Waals surface area contributed by atoms with E-state index < -0.39 is 0 Å². The van der Waals surface area contributed by atoms with Crippen LogP contribution in [0.3, 0.4) is 0 Å². The molecule has 1 aromatic carbocycles. The lowest BCUT2D eigenvalue weighted by molar-refractivity contribution is 0.0926. The SMILES string of the molecule is CCc1nnc2n1CC(NC(=O)c1cnc(-c3ccccc3)nc1)CC2. The molecule has 4 rings (SSSR count). The van der Waals surface area contributed by atoms with Crippen molar-refractivity contribution in [2.45, 2.75) is 38.8 Å². The van der Waals surface area contributed by atoms with Crippen LogP contribution < -0.4 is 5.32 Å². The summed E-state index contributed by atoms with van der Waals surface area (Å²) in [6.07, 6.45) is 5.67. The molecule has 7 nitrogen and oxygen atoms in total. The van der Waals surface area contributed by atoms with Gasteiger partial charge in [0.25, 0.3) is 5.91 Å². The number of aromatic nitrogens is 5. The normalized spacial score (nSPS) is 16.1. The zero-order valence-corrected chi connectivity index (χ0v) is 14.6. The second-order valence-corrected chi connectivity index (χ2v) is 6.37. The number of hydrogen-bond acceptors (Lipinski definition) is 5. The van der Waals surface area contributed by atoms with Gasteiger partial charge < -0.3 is 9.88 Å². The molecule has 1 aliphatic rings. The summed E-state index contributed by atoms with van der Waals surface area (Å²) in [6, 6.07) is 9.77. The molecule has 1 N–H and O–H groups in total. The lowest BCUT2D eigenvalue weighted by Gasteiger charge is -2.25. The van der Waals surface area contributed by atoms with Gasteiger partial charge in [0.05, 0.1) is 5.56 Å². The van der Waals surface area contributed by atoms with Crippen LogP contribution >= 0.6 is 0 Å². The van der Waals surface area contributed by atoms with Crippen molar-refractivity contribution in [2.75, 3.05) is 0 Å². The Morgan fingerprint density at radius 2 is 1.96 bits per heavy atom. The van der Waals surface area contributed by atoms with Crippen LogP contribution in [0.15, 0.2) is 42.7 Å². The van der Waals surface area contributed by atoms with Crippen molar-refractivity contribution < 1.29 is 4.79 Å². The smallest absolute Gasteiger partial charge is 0.254 e. The lowest BCUT2D eigenvalue weighted by Crippen LogP contribution is -2.41. The average molecular weight is 348 g/mol. The van der Waals surface area contributed by atoms with Crippen LogP contribution in [0.2, 0.25) is 0 Å². The van der Waals surface area contributed by atoms with Gasteiger partial charge in [0, 0.05) is 43.4 Å². The molecular weight excluding hydrogens is 328 g/mol. The van der Waals surface area contributed by atoms with E-state index in [1.165, 1.54) is 0 Å². The Morgan fingerprint density at radius 1 is 1.19 bits per heavy atom. The molecule has 1 amide bonds. The summed E-state index contributed by atoms with van der Waals surface area (Å²) in [4.78, 5) is 21.2. The highest BCUT2D eigenvalue weighted by Gasteiger charge is 2.24. The molecule has 0 bridgehead atoms. The Morgan fingerprint density at radius 3 is 2.69 bits per heavy atom. The lowest BCUT2D eigenvalue weighted by atomic mass is 10.1. The third kappa shape index (κ3) is 3.20. The van der Waals surface area contributed by atoms with E-state index in [-0.39, 0.29) is 11.9 Å². The number of carbonyl (C=O) groups is 1. The molecule has 1 aliphatic heterocycles. The van der Waals surface area contributed by atoms with Crippen LogP contribution in [0.5, 0.6) is 0 Å². The number of rotatable bonds is 4. The number of fused-ring (bicyclic) bond motifs is 1. The van der Waals surface area contributed by atoms with Crippen LogP contribution in [0, 0.1) is 0 Å². The molecule has 3 heterocycles. The van der Waals surface area contributed by atoms with Gasteiger partial charge >= 0.3 is 0 Å². The maximum absolute atomic E-state index is 12.5.